The number of hydrogen-bond acceptors (Lipinski definition) is 3. The molecule has 116 valence electrons. The van der Waals surface area contributed by atoms with Gasteiger partial charge in [0.2, 0.25) is 0 Å². The maximum absolute atomic E-state index is 14.4. The molecule has 3 nitrogen and oxygen atoms in total. The normalized spacial score (nSPS) is 21.3. The van der Waals surface area contributed by atoms with Crippen molar-refractivity contribution in [1.29, 1.82) is 0 Å². The number of hydrogen-bond donors (Lipinski definition) is 1. The lowest BCUT2D eigenvalue weighted by Crippen LogP contribution is -2.45. The van der Waals surface area contributed by atoms with Crippen LogP contribution in [0.25, 0.3) is 0 Å². The summed E-state index contributed by atoms with van der Waals surface area (Å²) < 4.78 is 33.8. The molecule has 1 atom stereocenters. The third-order valence-corrected chi connectivity index (χ3v) is 4.47. The highest BCUT2D eigenvalue weighted by Gasteiger charge is 2.33. The summed E-state index contributed by atoms with van der Waals surface area (Å²) in [5.41, 5.74) is 0.213. The molecule has 1 aliphatic heterocycles. The van der Waals surface area contributed by atoms with Crippen LogP contribution in [0.5, 0.6) is 5.75 Å². The van der Waals surface area contributed by atoms with Crippen molar-refractivity contribution in [2.45, 2.75) is 25.3 Å². The minimum Gasteiger partial charge on any atom is -0.497 e. The van der Waals surface area contributed by atoms with Gasteiger partial charge in [0, 0.05) is 49.9 Å². The number of benzene rings is 1. The number of rotatable bonds is 5. The van der Waals surface area contributed by atoms with Crippen molar-refractivity contribution >= 4 is 0 Å². The van der Waals surface area contributed by atoms with Gasteiger partial charge < -0.3 is 10.1 Å². The first-order valence-corrected chi connectivity index (χ1v) is 7.66. The molecular formula is C16H22F2N2O. The standard InChI is InChI=1S/C16H22F2N2O/c1-21-12-9-13(17)16(14(18)10-12)15(8-11-2-3-11)20-6-4-19-5-7-20/h9-11,15,19H,2-8H2,1H3/t15-/m0/s1. The van der Waals surface area contributed by atoms with Gasteiger partial charge >= 0.3 is 0 Å². The molecule has 1 heterocycles. The second kappa shape index (κ2) is 6.28. The number of nitrogens with zero attached hydrogens (tertiary/aromatic N) is 1. The predicted molar refractivity (Wildman–Crippen MR) is 77.4 cm³/mol. The zero-order valence-electron chi connectivity index (χ0n) is 12.4. The highest BCUT2D eigenvalue weighted by molar-refractivity contribution is 5.33. The third kappa shape index (κ3) is 3.35. The molecule has 0 aromatic heterocycles. The van der Waals surface area contributed by atoms with Crippen molar-refractivity contribution in [3.8, 4) is 5.75 Å². The summed E-state index contributed by atoms with van der Waals surface area (Å²) in [4.78, 5) is 2.21. The highest BCUT2D eigenvalue weighted by atomic mass is 19.1. The fourth-order valence-corrected chi connectivity index (χ4v) is 3.11. The molecule has 0 amide bonds. The van der Waals surface area contributed by atoms with Gasteiger partial charge in [-0.3, -0.25) is 4.90 Å². The minimum absolute atomic E-state index is 0.162. The molecule has 1 N–H and O–H groups in total. The third-order valence-electron chi connectivity index (χ3n) is 4.47. The lowest BCUT2D eigenvalue weighted by molar-refractivity contribution is 0.154. The van der Waals surface area contributed by atoms with E-state index in [-0.39, 0.29) is 17.4 Å². The van der Waals surface area contributed by atoms with Gasteiger partial charge in [-0.05, 0) is 12.3 Å². The van der Waals surface area contributed by atoms with Crippen LogP contribution in [-0.2, 0) is 0 Å². The van der Waals surface area contributed by atoms with Gasteiger partial charge in [-0.15, -0.1) is 0 Å². The molecule has 2 fully saturated rings. The van der Waals surface area contributed by atoms with E-state index in [0.717, 1.165) is 32.6 Å². The van der Waals surface area contributed by atoms with Gasteiger partial charge in [0.15, 0.2) is 0 Å². The Labute approximate surface area is 124 Å². The summed E-state index contributed by atoms with van der Waals surface area (Å²) in [6.07, 6.45) is 3.21. The van der Waals surface area contributed by atoms with E-state index < -0.39 is 11.6 Å². The van der Waals surface area contributed by atoms with E-state index >= 15 is 0 Å². The topological polar surface area (TPSA) is 24.5 Å². The molecular weight excluding hydrogens is 274 g/mol. The van der Waals surface area contributed by atoms with E-state index in [1.807, 2.05) is 0 Å². The van der Waals surface area contributed by atoms with Crippen molar-refractivity contribution in [2.75, 3.05) is 33.3 Å². The number of halogens is 2. The molecule has 1 aromatic carbocycles. The molecule has 5 heteroatoms. The fourth-order valence-electron chi connectivity index (χ4n) is 3.11. The van der Waals surface area contributed by atoms with Crippen LogP contribution >= 0.6 is 0 Å². The van der Waals surface area contributed by atoms with Crippen LogP contribution in [0, 0.1) is 17.6 Å². The van der Waals surface area contributed by atoms with Crippen molar-refractivity contribution in [3.63, 3.8) is 0 Å². The van der Waals surface area contributed by atoms with Crippen LogP contribution in [0.1, 0.15) is 30.9 Å². The van der Waals surface area contributed by atoms with Crippen molar-refractivity contribution in [3.05, 3.63) is 29.3 Å². The second-order valence-electron chi connectivity index (χ2n) is 5.99. The summed E-state index contributed by atoms with van der Waals surface area (Å²) in [5, 5.41) is 3.29. The summed E-state index contributed by atoms with van der Waals surface area (Å²) in [5.74, 6) is -0.128. The first-order valence-electron chi connectivity index (χ1n) is 7.66. The van der Waals surface area contributed by atoms with E-state index in [1.165, 1.54) is 32.1 Å². The minimum atomic E-state index is -0.490. The van der Waals surface area contributed by atoms with Crippen molar-refractivity contribution < 1.29 is 13.5 Å². The van der Waals surface area contributed by atoms with Crippen molar-refractivity contribution in [2.24, 2.45) is 5.92 Å². The monoisotopic (exact) mass is 296 g/mol. The van der Waals surface area contributed by atoms with Crippen LogP contribution in [0.15, 0.2) is 12.1 Å². The molecule has 1 aromatic rings. The molecule has 1 aliphatic carbocycles. The van der Waals surface area contributed by atoms with Crippen LogP contribution in [0.3, 0.4) is 0 Å². The van der Waals surface area contributed by atoms with Crippen LogP contribution in [0.2, 0.25) is 0 Å². The zero-order valence-corrected chi connectivity index (χ0v) is 12.4. The van der Waals surface area contributed by atoms with E-state index in [9.17, 15) is 8.78 Å². The zero-order chi connectivity index (χ0) is 14.8. The SMILES string of the molecule is COc1cc(F)c([C@H](CC2CC2)N2CCNCC2)c(F)c1. The van der Waals surface area contributed by atoms with Gasteiger partial charge in [0.05, 0.1) is 7.11 Å². The highest BCUT2D eigenvalue weighted by Crippen LogP contribution is 2.42. The van der Waals surface area contributed by atoms with Gasteiger partial charge in [0.1, 0.15) is 17.4 Å². The Bertz CT molecular complexity index is 476. The molecule has 21 heavy (non-hydrogen) atoms. The Hall–Kier alpha value is -1.20. The largest absolute Gasteiger partial charge is 0.497 e. The first-order chi connectivity index (χ1) is 10.2. The number of methoxy groups -OCH3 is 1. The number of ether oxygens (including phenoxy) is 1. The summed E-state index contributed by atoms with van der Waals surface area (Å²) in [7, 11) is 1.42. The second-order valence-corrected chi connectivity index (χ2v) is 5.99. The van der Waals surface area contributed by atoms with Crippen LogP contribution in [0.4, 0.5) is 8.78 Å². The van der Waals surface area contributed by atoms with Gasteiger partial charge in [-0.2, -0.15) is 0 Å². The summed E-state index contributed by atoms with van der Waals surface area (Å²) >= 11 is 0. The average molecular weight is 296 g/mol. The average Bonchev–Trinajstić information content (AvgIpc) is 3.30. The smallest absolute Gasteiger partial charge is 0.134 e. The van der Waals surface area contributed by atoms with E-state index in [2.05, 4.69) is 10.2 Å². The fraction of sp³-hybridized carbons (Fsp3) is 0.625. The lowest BCUT2D eigenvalue weighted by atomic mass is 9.97. The molecule has 0 bridgehead atoms. The maximum atomic E-state index is 14.4. The Morgan fingerprint density at radius 1 is 1.24 bits per heavy atom. The van der Waals surface area contributed by atoms with Gasteiger partial charge in [-0.25, -0.2) is 8.78 Å². The van der Waals surface area contributed by atoms with Crippen molar-refractivity contribution in [1.82, 2.24) is 10.2 Å². The lowest BCUT2D eigenvalue weighted by Gasteiger charge is -2.35. The quantitative estimate of drug-likeness (QED) is 0.904. The number of nitrogens with one attached hydrogen (secondary N) is 1. The van der Waals surface area contributed by atoms with Gasteiger partial charge in [0.25, 0.3) is 0 Å². The van der Waals surface area contributed by atoms with Crippen LogP contribution in [-0.4, -0.2) is 38.2 Å². The maximum Gasteiger partial charge on any atom is 0.134 e. The summed E-state index contributed by atoms with van der Waals surface area (Å²) in [6, 6.07) is 2.42. The molecule has 0 spiro atoms. The Morgan fingerprint density at radius 2 is 1.86 bits per heavy atom. The molecule has 1 saturated carbocycles. The molecule has 1 saturated heterocycles. The molecule has 3 rings (SSSR count). The Morgan fingerprint density at radius 3 is 2.38 bits per heavy atom. The summed E-state index contributed by atoms with van der Waals surface area (Å²) in [6.45, 7) is 3.42. The molecule has 2 aliphatic rings. The van der Waals surface area contributed by atoms with E-state index in [1.54, 1.807) is 0 Å². The van der Waals surface area contributed by atoms with Crippen LogP contribution < -0.4 is 10.1 Å². The first kappa shape index (κ1) is 14.7. The molecule has 0 radical (unpaired) electrons. The Balaban J connectivity index is 1.90. The van der Waals surface area contributed by atoms with E-state index in [4.69, 9.17) is 4.74 Å². The Kier molecular flexibility index (Phi) is 4.40. The van der Waals surface area contributed by atoms with Gasteiger partial charge in [-0.1, -0.05) is 12.8 Å². The van der Waals surface area contributed by atoms with E-state index in [0.29, 0.717) is 5.92 Å². The molecule has 0 unspecified atom stereocenters. The predicted octanol–water partition coefficient (Wildman–Crippen LogP) is 2.72. The number of piperazine rings is 1.